The topological polar surface area (TPSA) is 43.1 Å². The van der Waals surface area contributed by atoms with Gasteiger partial charge in [0, 0.05) is 4.88 Å². The van der Waals surface area contributed by atoms with Crippen molar-refractivity contribution in [3.05, 3.63) is 22.6 Å². The van der Waals surface area contributed by atoms with Crippen LogP contribution >= 0.6 is 11.3 Å². The van der Waals surface area contributed by atoms with Gasteiger partial charge in [0.2, 0.25) is 0 Å². The summed E-state index contributed by atoms with van der Waals surface area (Å²) in [5, 5.41) is 5.63. The molecule has 0 saturated heterocycles. The van der Waals surface area contributed by atoms with Crippen molar-refractivity contribution in [1.29, 1.82) is 0 Å². The van der Waals surface area contributed by atoms with Gasteiger partial charge in [0.25, 0.3) is 0 Å². The van der Waals surface area contributed by atoms with E-state index in [4.69, 9.17) is 0 Å². The number of aromatic nitrogens is 4. The lowest BCUT2D eigenvalue weighted by Gasteiger charge is -2.33. The molecule has 1 atom stereocenters. The molecule has 21 heavy (non-hydrogen) atoms. The van der Waals surface area contributed by atoms with Crippen LogP contribution < -0.4 is 0 Å². The summed E-state index contributed by atoms with van der Waals surface area (Å²) in [6.45, 7) is 9.00. The highest BCUT2D eigenvalue weighted by atomic mass is 32.1. The number of hydrogen-bond donors (Lipinski definition) is 0. The lowest BCUT2D eigenvalue weighted by Crippen LogP contribution is -2.26. The Morgan fingerprint density at radius 3 is 2.90 bits per heavy atom. The summed E-state index contributed by atoms with van der Waals surface area (Å²) < 4.78 is 1.82. The summed E-state index contributed by atoms with van der Waals surface area (Å²) in [7, 11) is 0. The maximum Gasteiger partial charge on any atom is 0.167 e. The molecular weight excluding hydrogens is 280 g/mol. The predicted octanol–water partition coefficient (Wildman–Crippen LogP) is 3.80. The van der Waals surface area contributed by atoms with Gasteiger partial charge in [0.05, 0.1) is 5.39 Å². The molecule has 0 saturated carbocycles. The van der Waals surface area contributed by atoms with Gasteiger partial charge in [-0.3, -0.25) is 0 Å². The molecule has 0 N–H and O–H groups in total. The van der Waals surface area contributed by atoms with Crippen molar-refractivity contribution in [3.63, 3.8) is 0 Å². The first kappa shape index (κ1) is 13.2. The molecule has 5 heteroatoms. The van der Waals surface area contributed by atoms with Gasteiger partial charge in [-0.15, -0.1) is 11.3 Å². The van der Waals surface area contributed by atoms with Crippen molar-refractivity contribution in [2.24, 2.45) is 11.3 Å². The van der Waals surface area contributed by atoms with Gasteiger partial charge in [-0.2, -0.15) is 5.10 Å². The Labute approximate surface area is 128 Å². The fourth-order valence-electron chi connectivity index (χ4n) is 3.42. The largest absolute Gasteiger partial charge is 0.225 e. The van der Waals surface area contributed by atoms with Crippen molar-refractivity contribution in [2.45, 2.75) is 47.0 Å². The van der Waals surface area contributed by atoms with E-state index in [0.717, 1.165) is 28.6 Å². The molecular formula is C16H20N4S. The first-order valence-corrected chi connectivity index (χ1v) is 8.37. The molecule has 0 aromatic carbocycles. The summed E-state index contributed by atoms with van der Waals surface area (Å²) in [6, 6.07) is 0. The van der Waals surface area contributed by atoms with Gasteiger partial charge in [-0.05, 0) is 43.1 Å². The third-order valence-corrected chi connectivity index (χ3v) is 5.88. The first-order valence-electron chi connectivity index (χ1n) is 7.55. The Balaban J connectivity index is 1.92. The van der Waals surface area contributed by atoms with Gasteiger partial charge in [-0.25, -0.2) is 14.5 Å². The van der Waals surface area contributed by atoms with E-state index >= 15 is 0 Å². The minimum absolute atomic E-state index is 0.377. The zero-order valence-electron chi connectivity index (χ0n) is 13.0. The maximum atomic E-state index is 4.61. The maximum absolute atomic E-state index is 4.61. The van der Waals surface area contributed by atoms with Crippen LogP contribution in [0.1, 0.15) is 43.5 Å². The van der Waals surface area contributed by atoms with Crippen LogP contribution in [0.2, 0.25) is 0 Å². The monoisotopic (exact) mass is 300 g/mol. The summed E-state index contributed by atoms with van der Waals surface area (Å²) in [6.07, 6.45) is 5.38. The highest BCUT2D eigenvalue weighted by Crippen LogP contribution is 2.43. The highest BCUT2D eigenvalue weighted by molar-refractivity contribution is 7.19. The summed E-state index contributed by atoms with van der Waals surface area (Å²) in [5.74, 6) is 1.57. The predicted molar refractivity (Wildman–Crippen MR) is 85.9 cm³/mol. The second kappa shape index (κ2) is 4.26. The molecule has 110 valence electrons. The number of aryl methyl sites for hydroxylation is 2. The molecule has 3 heterocycles. The molecule has 3 aromatic heterocycles. The minimum Gasteiger partial charge on any atom is -0.225 e. The van der Waals surface area contributed by atoms with E-state index < -0.39 is 0 Å². The lowest BCUT2D eigenvalue weighted by atomic mass is 9.72. The van der Waals surface area contributed by atoms with Gasteiger partial charge in [0.15, 0.2) is 5.65 Å². The lowest BCUT2D eigenvalue weighted by molar-refractivity contribution is 0.218. The normalized spacial score (nSPS) is 19.3. The number of nitrogens with zero attached hydrogens (tertiary/aromatic N) is 4. The van der Waals surface area contributed by atoms with Gasteiger partial charge in [-0.1, -0.05) is 20.8 Å². The molecule has 4 nitrogen and oxygen atoms in total. The molecule has 1 aliphatic rings. The van der Waals surface area contributed by atoms with Crippen molar-refractivity contribution >= 4 is 27.2 Å². The van der Waals surface area contributed by atoms with E-state index in [0.29, 0.717) is 5.41 Å². The van der Waals surface area contributed by atoms with Crippen molar-refractivity contribution in [1.82, 2.24) is 19.6 Å². The summed E-state index contributed by atoms with van der Waals surface area (Å²) in [4.78, 5) is 11.8. The minimum atomic E-state index is 0.377. The Hall–Kier alpha value is -1.49. The molecule has 0 bridgehead atoms. The number of hydrogen-bond acceptors (Lipinski definition) is 4. The second-order valence-electron chi connectivity index (χ2n) is 7.16. The van der Waals surface area contributed by atoms with Gasteiger partial charge >= 0.3 is 0 Å². The van der Waals surface area contributed by atoms with E-state index in [9.17, 15) is 0 Å². The third kappa shape index (κ3) is 1.98. The number of rotatable bonds is 0. The smallest absolute Gasteiger partial charge is 0.167 e. The molecule has 1 aliphatic carbocycles. The molecule has 0 fully saturated rings. The second-order valence-corrected chi connectivity index (χ2v) is 8.25. The van der Waals surface area contributed by atoms with Crippen LogP contribution in [0, 0.1) is 18.3 Å². The molecule has 3 aromatic rings. The number of fused-ring (bicyclic) bond motifs is 5. The fraction of sp³-hybridized carbons (Fsp3) is 0.562. The van der Waals surface area contributed by atoms with Crippen LogP contribution in [0.25, 0.3) is 15.9 Å². The van der Waals surface area contributed by atoms with E-state index in [1.807, 2.05) is 22.8 Å². The SMILES string of the molecule is Cc1nc2c3c4c(sc3ncn2n1)C[C@H](C(C)(C)C)CC4. The number of thiophene rings is 1. The molecule has 0 radical (unpaired) electrons. The van der Waals surface area contributed by atoms with E-state index in [1.54, 1.807) is 6.33 Å². The fourth-order valence-corrected chi connectivity index (χ4v) is 4.68. The first-order chi connectivity index (χ1) is 9.93. The van der Waals surface area contributed by atoms with Crippen molar-refractivity contribution < 1.29 is 0 Å². The van der Waals surface area contributed by atoms with E-state index in [-0.39, 0.29) is 0 Å². The average Bonchev–Trinajstić information content (AvgIpc) is 2.95. The highest BCUT2D eigenvalue weighted by Gasteiger charge is 2.31. The molecule has 0 aliphatic heterocycles. The van der Waals surface area contributed by atoms with E-state index in [1.165, 1.54) is 28.7 Å². The Kier molecular flexibility index (Phi) is 2.67. The van der Waals surface area contributed by atoms with Crippen LogP contribution in [0.5, 0.6) is 0 Å². The van der Waals surface area contributed by atoms with Crippen molar-refractivity contribution in [3.8, 4) is 0 Å². The Morgan fingerprint density at radius 1 is 1.33 bits per heavy atom. The van der Waals surface area contributed by atoms with Crippen LogP contribution in [0.4, 0.5) is 0 Å². The van der Waals surface area contributed by atoms with Crippen LogP contribution in [0.15, 0.2) is 6.33 Å². The summed E-state index contributed by atoms with van der Waals surface area (Å²) in [5.41, 5.74) is 2.83. The molecule has 4 rings (SSSR count). The van der Waals surface area contributed by atoms with Gasteiger partial charge < -0.3 is 0 Å². The molecule has 0 unspecified atom stereocenters. The average molecular weight is 300 g/mol. The van der Waals surface area contributed by atoms with Crippen LogP contribution in [-0.4, -0.2) is 19.6 Å². The third-order valence-electron chi connectivity index (χ3n) is 4.72. The summed E-state index contributed by atoms with van der Waals surface area (Å²) >= 11 is 1.85. The van der Waals surface area contributed by atoms with Crippen LogP contribution in [-0.2, 0) is 12.8 Å². The Morgan fingerprint density at radius 2 is 2.14 bits per heavy atom. The molecule has 0 spiro atoms. The quantitative estimate of drug-likeness (QED) is 0.634. The molecule has 0 amide bonds. The van der Waals surface area contributed by atoms with Crippen molar-refractivity contribution in [2.75, 3.05) is 0 Å². The zero-order chi connectivity index (χ0) is 14.8. The van der Waals surface area contributed by atoms with Crippen LogP contribution in [0.3, 0.4) is 0 Å². The Bertz CT molecular complexity index is 837. The van der Waals surface area contributed by atoms with E-state index in [2.05, 4.69) is 35.8 Å². The zero-order valence-corrected chi connectivity index (χ0v) is 13.8. The van der Waals surface area contributed by atoms with Gasteiger partial charge in [0.1, 0.15) is 17.0 Å². The standard InChI is InChI=1S/C16H20N4S/c1-9-18-14-13-11-6-5-10(16(2,3)4)7-12(11)21-15(13)17-8-20(14)19-9/h8,10H,5-7H2,1-4H3/t10-/m1/s1.